The molecule has 3 rings (SSSR count). The Labute approximate surface area is 122 Å². The van der Waals surface area contributed by atoms with Crippen molar-refractivity contribution in [2.45, 2.75) is 19.9 Å². The van der Waals surface area contributed by atoms with Crippen molar-refractivity contribution in [1.82, 2.24) is 5.32 Å². The average Bonchev–Trinajstić information content (AvgIpc) is 3.03. The Bertz CT molecular complexity index is 571. The monoisotopic (exact) mass is 291 g/mol. The number of hydrogen-bond acceptors (Lipinski definition) is 5. The first-order chi connectivity index (χ1) is 10.1. The minimum absolute atomic E-state index is 0.0216. The van der Waals surface area contributed by atoms with Crippen LogP contribution in [0, 0.1) is 11.8 Å². The third-order valence-electron chi connectivity index (χ3n) is 3.68. The number of rotatable bonds is 5. The molecule has 0 unspecified atom stereocenters. The molecule has 0 spiro atoms. The minimum Gasteiger partial charge on any atom is -0.455 e. The van der Waals surface area contributed by atoms with E-state index >= 15 is 0 Å². The van der Waals surface area contributed by atoms with E-state index in [-0.39, 0.29) is 31.2 Å². The summed E-state index contributed by atoms with van der Waals surface area (Å²) >= 11 is 0. The fraction of sp³-hybridized carbons (Fsp3) is 0.467. The molecule has 6 nitrogen and oxygen atoms in total. The van der Waals surface area contributed by atoms with Gasteiger partial charge in [0.1, 0.15) is 0 Å². The summed E-state index contributed by atoms with van der Waals surface area (Å²) in [5, 5.41) is 2.70. The molecule has 21 heavy (non-hydrogen) atoms. The molecule has 1 aromatic rings. The predicted octanol–water partition coefficient (Wildman–Crippen LogP) is 1.23. The Morgan fingerprint density at radius 2 is 2.10 bits per heavy atom. The first kappa shape index (κ1) is 13.7. The van der Waals surface area contributed by atoms with Gasteiger partial charge in [-0.1, -0.05) is 13.0 Å². The molecule has 1 amide bonds. The summed E-state index contributed by atoms with van der Waals surface area (Å²) in [6.45, 7) is 2.34. The van der Waals surface area contributed by atoms with Gasteiger partial charge in [0.05, 0.1) is 5.92 Å². The molecule has 0 bridgehead atoms. The maximum Gasteiger partial charge on any atom is 0.309 e. The molecule has 1 aliphatic carbocycles. The first-order valence-electron chi connectivity index (χ1n) is 6.95. The zero-order valence-electron chi connectivity index (χ0n) is 11.8. The largest absolute Gasteiger partial charge is 0.455 e. The lowest BCUT2D eigenvalue weighted by atomic mass is 10.2. The van der Waals surface area contributed by atoms with Crippen LogP contribution < -0.4 is 14.8 Å². The number of benzene rings is 1. The molecule has 1 heterocycles. The highest BCUT2D eigenvalue weighted by atomic mass is 16.7. The van der Waals surface area contributed by atoms with Gasteiger partial charge in [0.2, 0.25) is 6.79 Å². The first-order valence-corrected chi connectivity index (χ1v) is 6.95. The molecular weight excluding hydrogens is 274 g/mol. The summed E-state index contributed by atoms with van der Waals surface area (Å²) in [5.41, 5.74) is 0.898. The third kappa shape index (κ3) is 3.26. The summed E-state index contributed by atoms with van der Waals surface area (Å²) in [7, 11) is 0. The number of hydrogen-bond donors (Lipinski definition) is 1. The van der Waals surface area contributed by atoms with E-state index in [0.29, 0.717) is 24.0 Å². The zero-order chi connectivity index (χ0) is 14.8. The van der Waals surface area contributed by atoms with Gasteiger partial charge in [0, 0.05) is 6.54 Å². The fourth-order valence-electron chi connectivity index (χ4n) is 2.20. The molecular formula is C15H17NO5. The molecule has 1 fully saturated rings. The SMILES string of the molecule is C[C@@H]1C[C@@H]1C(=O)OCC(=O)NCc1ccc2c(c1)OCO2. The van der Waals surface area contributed by atoms with Crippen molar-refractivity contribution in [1.29, 1.82) is 0 Å². The lowest BCUT2D eigenvalue weighted by Gasteiger charge is -2.07. The second kappa shape index (κ2) is 5.63. The van der Waals surface area contributed by atoms with Gasteiger partial charge < -0.3 is 19.5 Å². The van der Waals surface area contributed by atoms with Crippen molar-refractivity contribution in [3.63, 3.8) is 0 Å². The number of fused-ring (bicyclic) bond motifs is 1. The molecule has 0 aromatic heterocycles. The second-order valence-corrected chi connectivity index (χ2v) is 5.39. The zero-order valence-corrected chi connectivity index (χ0v) is 11.8. The summed E-state index contributed by atoms with van der Waals surface area (Å²) in [6.07, 6.45) is 0.859. The van der Waals surface area contributed by atoms with Crippen LogP contribution in [0.5, 0.6) is 11.5 Å². The standard InChI is InChI=1S/C15H17NO5/c1-9-4-11(9)15(18)19-7-14(17)16-6-10-2-3-12-13(5-10)21-8-20-12/h2-3,5,9,11H,4,6-8H2,1H3,(H,16,17)/t9-,11+/m1/s1. The quantitative estimate of drug-likeness (QED) is 0.826. The van der Waals surface area contributed by atoms with Crippen molar-refractivity contribution in [2.24, 2.45) is 11.8 Å². The van der Waals surface area contributed by atoms with Crippen molar-refractivity contribution >= 4 is 11.9 Å². The van der Waals surface area contributed by atoms with Crippen LogP contribution in [0.2, 0.25) is 0 Å². The Kier molecular flexibility index (Phi) is 3.68. The van der Waals surface area contributed by atoms with Gasteiger partial charge in [-0.3, -0.25) is 9.59 Å². The normalized spacial score (nSPS) is 21.8. The number of amides is 1. The van der Waals surface area contributed by atoms with Crippen LogP contribution in [0.1, 0.15) is 18.9 Å². The van der Waals surface area contributed by atoms with E-state index in [4.69, 9.17) is 14.2 Å². The number of carbonyl (C=O) groups is 2. The van der Waals surface area contributed by atoms with Gasteiger partial charge in [-0.05, 0) is 30.0 Å². The molecule has 2 atom stereocenters. The van der Waals surface area contributed by atoms with E-state index in [2.05, 4.69) is 5.32 Å². The highest BCUT2D eigenvalue weighted by Gasteiger charge is 2.40. The van der Waals surface area contributed by atoms with Crippen molar-refractivity contribution in [3.05, 3.63) is 23.8 Å². The summed E-state index contributed by atoms with van der Waals surface area (Å²) in [4.78, 5) is 23.1. The average molecular weight is 291 g/mol. The van der Waals surface area contributed by atoms with Gasteiger partial charge >= 0.3 is 5.97 Å². The lowest BCUT2D eigenvalue weighted by molar-refractivity contribution is -0.150. The van der Waals surface area contributed by atoms with Gasteiger partial charge in [0.25, 0.3) is 5.91 Å². The molecule has 0 saturated heterocycles. The van der Waals surface area contributed by atoms with Gasteiger partial charge in [-0.15, -0.1) is 0 Å². The van der Waals surface area contributed by atoms with Crippen molar-refractivity contribution in [3.8, 4) is 11.5 Å². The van der Waals surface area contributed by atoms with Crippen molar-refractivity contribution < 1.29 is 23.8 Å². The molecule has 1 saturated carbocycles. The molecule has 2 aliphatic rings. The van der Waals surface area contributed by atoms with E-state index in [1.165, 1.54) is 0 Å². The number of carbonyl (C=O) groups excluding carboxylic acids is 2. The van der Waals surface area contributed by atoms with Crippen LogP contribution in [0.4, 0.5) is 0 Å². The Hall–Kier alpha value is -2.24. The van der Waals surface area contributed by atoms with Crippen LogP contribution in [0.25, 0.3) is 0 Å². The number of nitrogens with one attached hydrogen (secondary N) is 1. The molecule has 1 aromatic carbocycles. The Morgan fingerprint density at radius 3 is 2.86 bits per heavy atom. The van der Waals surface area contributed by atoms with E-state index in [1.807, 2.05) is 19.1 Å². The second-order valence-electron chi connectivity index (χ2n) is 5.39. The summed E-state index contributed by atoms with van der Waals surface area (Å²) in [6, 6.07) is 5.48. The molecule has 1 N–H and O–H groups in total. The maximum atomic E-state index is 11.6. The third-order valence-corrected chi connectivity index (χ3v) is 3.68. The Morgan fingerprint density at radius 1 is 1.33 bits per heavy atom. The highest BCUT2D eigenvalue weighted by Crippen LogP contribution is 2.38. The predicted molar refractivity (Wildman–Crippen MR) is 72.6 cm³/mol. The van der Waals surface area contributed by atoms with Crippen LogP contribution in [-0.2, 0) is 20.9 Å². The van der Waals surface area contributed by atoms with Gasteiger partial charge in [-0.2, -0.15) is 0 Å². The van der Waals surface area contributed by atoms with Crippen LogP contribution in [-0.4, -0.2) is 25.3 Å². The topological polar surface area (TPSA) is 73.9 Å². The van der Waals surface area contributed by atoms with E-state index in [9.17, 15) is 9.59 Å². The van der Waals surface area contributed by atoms with E-state index in [1.54, 1.807) is 6.07 Å². The van der Waals surface area contributed by atoms with E-state index < -0.39 is 0 Å². The summed E-state index contributed by atoms with van der Waals surface area (Å²) < 4.78 is 15.4. The highest BCUT2D eigenvalue weighted by molar-refractivity contribution is 5.82. The number of ether oxygens (including phenoxy) is 3. The molecule has 112 valence electrons. The van der Waals surface area contributed by atoms with Gasteiger partial charge in [0.15, 0.2) is 18.1 Å². The Balaban J connectivity index is 1.42. The fourth-order valence-corrected chi connectivity index (χ4v) is 2.20. The summed E-state index contributed by atoms with van der Waals surface area (Å²) in [5.74, 6) is 1.16. The molecule has 1 aliphatic heterocycles. The van der Waals surface area contributed by atoms with Crippen LogP contribution >= 0.6 is 0 Å². The molecule has 0 radical (unpaired) electrons. The van der Waals surface area contributed by atoms with Crippen LogP contribution in [0.15, 0.2) is 18.2 Å². The minimum atomic E-state index is -0.311. The maximum absolute atomic E-state index is 11.6. The van der Waals surface area contributed by atoms with Crippen molar-refractivity contribution in [2.75, 3.05) is 13.4 Å². The lowest BCUT2D eigenvalue weighted by Crippen LogP contribution is -2.28. The number of esters is 1. The van der Waals surface area contributed by atoms with Crippen LogP contribution in [0.3, 0.4) is 0 Å². The van der Waals surface area contributed by atoms with Gasteiger partial charge in [-0.25, -0.2) is 0 Å². The van der Waals surface area contributed by atoms with E-state index in [0.717, 1.165) is 12.0 Å². The molecule has 6 heteroatoms. The smallest absolute Gasteiger partial charge is 0.309 e.